The Morgan fingerprint density at radius 2 is 1.34 bits per heavy atom. The fourth-order valence-electron chi connectivity index (χ4n) is 2.46. The topological polar surface area (TPSA) is 153 Å². The summed E-state index contributed by atoms with van der Waals surface area (Å²) in [7, 11) is 0. The average Bonchev–Trinajstić information content (AvgIpc) is 2.79. The van der Waals surface area contributed by atoms with Crippen molar-refractivity contribution in [3.8, 4) is 0 Å². The number of nitro groups is 2. The summed E-state index contributed by atoms with van der Waals surface area (Å²) in [6.07, 6.45) is 0. The zero-order chi connectivity index (χ0) is 22.6. The van der Waals surface area contributed by atoms with E-state index in [2.05, 4.69) is 10.6 Å². The van der Waals surface area contributed by atoms with E-state index in [1.54, 1.807) is 36.4 Å². The van der Waals surface area contributed by atoms with Gasteiger partial charge < -0.3 is 16.4 Å². The van der Waals surface area contributed by atoms with E-state index in [0.29, 0.717) is 17.8 Å². The summed E-state index contributed by atoms with van der Waals surface area (Å²) in [6.45, 7) is 0.558. The normalized spacial score (nSPS) is 9.41. The van der Waals surface area contributed by atoms with Gasteiger partial charge in [-0.2, -0.15) is 0 Å². The predicted octanol–water partition coefficient (Wildman–Crippen LogP) is 4.39. The first-order valence-electron chi connectivity index (χ1n) is 9.15. The molecule has 0 radical (unpaired) electrons. The maximum absolute atomic E-state index is 11.6. The van der Waals surface area contributed by atoms with Gasteiger partial charge in [0.15, 0.2) is 0 Å². The van der Waals surface area contributed by atoms with Crippen molar-refractivity contribution in [3.05, 3.63) is 110 Å². The van der Waals surface area contributed by atoms with Crippen molar-refractivity contribution in [1.29, 1.82) is 0 Å². The zero-order valence-electron chi connectivity index (χ0n) is 16.8. The largest absolute Gasteiger partial charge is 0.334 e. The van der Waals surface area contributed by atoms with Crippen LogP contribution in [-0.4, -0.2) is 15.9 Å². The number of nitrogens with one attached hydrogen (secondary N) is 2. The van der Waals surface area contributed by atoms with Crippen LogP contribution in [0.4, 0.5) is 21.9 Å². The van der Waals surface area contributed by atoms with Gasteiger partial charge in [0.2, 0.25) is 0 Å². The smallest absolute Gasteiger partial charge is 0.319 e. The number of nitrogens with zero attached hydrogens (tertiary/aromatic N) is 2. The third-order valence-electron chi connectivity index (χ3n) is 3.96. The number of hydrogen-bond donors (Lipinski definition) is 3. The molecule has 0 aromatic heterocycles. The lowest BCUT2D eigenvalue weighted by atomic mass is 10.2. The molecule has 0 spiro atoms. The predicted molar refractivity (Wildman–Crippen MR) is 124 cm³/mol. The first-order valence-corrected chi connectivity index (χ1v) is 9.15. The van der Waals surface area contributed by atoms with Gasteiger partial charge in [0.05, 0.1) is 9.85 Å². The number of carbonyl (C=O) groups excluding carboxylic acids is 1. The molecule has 10 nitrogen and oxygen atoms in total. The molecule has 0 unspecified atom stereocenters. The molecule has 32 heavy (non-hydrogen) atoms. The summed E-state index contributed by atoms with van der Waals surface area (Å²) in [5.41, 5.74) is 7.52. The van der Waals surface area contributed by atoms with Gasteiger partial charge in [-0.15, -0.1) is 12.4 Å². The van der Waals surface area contributed by atoms with Gasteiger partial charge in [0.1, 0.15) is 0 Å². The van der Waals surface area contributed by atoms with Crippen LogP contribution in [0, 0.1) is 20.2 Å². The Balaban J connectivity index is 0.000000364. The zero-order valence-corrected chi connectivity index (χ0v) is 17.7. The number of anilines is 1. The molecular formula is C21H22ClN5O5. The van der Waals surface area contributed by atoms with Crippen LogP contribution in [0.15, 0.2) is 78.9 Å². The SMILES string of the molecule is Cl.NCc1cccc([N+](=O)[O-])c1.O=C(NCc1cccc([N+](=O)[O-])c1)Nc1ccccc1. The van der Waals surface area contributed by atoms with Crippen LogP contribution >= 0.6 is 12.4 Å². The Hall–Kier alpha value is -4.02. The lowest BCUT2D eigenvalue weighted by Crippen LogP contribution is -2.28. The Morgan fingerprint density at radius 3 is 1.88 bits per heavy atom. The lowest BCUT2D eigenvalue weighted by molar-refractivity contribution is -0.385. The lowest BCUT2D eigenvalue weighted by Gasteiger charge is -2.07. The summed E-state index contributed by atoms with van der Waals surface area (Å²) < 4.78 is 0. The molecule has 3 rings (SSSR count). The van der Waals surface area contributed by atoms with Gasteiger partial charge >= 0.3 is 6.03 Å². The van der Waals surface area contributed by atoms with Crippen molar-refractivity contribution < 1.29 is 14.6 Å². The number of rotatable bonds is 6. The summed E-state index contributed by atoms with van der Waals surface area (Å²) in [4.78, 5) is 31.6. The Labute approximate surface area is 190 Å². The van der Waals surface area contributed by atoms with Gasteiger partial charge in [-0.3, -0.25) is 20.2 Å². The van der Waals surface area contributed by atoms with Crippen LogP contribution in [0.5, 0.6) is 0 Å². The van der Waals surface area contributed by atoms with E-state index in [1.165, 1.54) is 24.3 Å². The van der Waals surface area contributed by atoms with Crippen LogP contribution < -0.4 is 16.4 Å². The van der Waals surface area contributed by atoms with Crippen LogP contribution in [0.1, 0.15) is 11.1 Å². The van der Waals surface area contributed by atoms with E-state index in [4.69, 9.17) is 5.73 Å². The highest BCUT2D eigenvalue weighted by atomic mass is 35.5. The van der Waals surface area contributed by atoms with Crippen molar-refractivity contribution in [2.45, 2.75) is 13.1 Å². The Kier molecular flexibility index (Phi) is 10.8. The third kappa shape index (κ3) is 8.78. The fraction of sp³-hybridized carbons (Fsp3) is 0.0952. The third-order valence-corrected chi connectivity index (χ3v) is 3.96. The fourth-order valence-corrected chi connectivity index (χ4v) is 2.46. The number of urea groups is 1. The number of halogens is 1. The van der Waals surface area contributed by atoms with E-state index in [9.17, 15) is 25.0 Å². The number of hydrogen-bond acceptors (Lipinski definition) is 6. The number of nitro benzene ring substituents is 2. The van der Waals surface area contributed by atoms with Gasteiger partial charge in [0, 0.05) is 43.0 Å². The van der Waals surface area contributed by atoms with Gasteiger partial charge in [0.25, 0.3) is 11.4 Å². The molecule has 0 saturated carbocycles. The summed E-state index contributed by atoms with van der Waals surface area (Å²) in [5.74, 6) is 0. The number of carbonyl (C=O) groups is 1. The van der Waals surface area contributed by atoms with Crippen molar-refractivity contribution in [1.82, 2.24) is 5.32 Å². The molecule has 3 aromatic carbocycles. The molecule has 0 atom stereocenters. The Bertz CT molecular complexity index is 1050. The molecule has 168 valence electrons. The molecule has 0 aliphatic carbocycles. The summed E-state index contributed by atoms with van der Waals surface area (Å²) in [5, 5.41) is 26.2. The maximum atomic E-state index is 11.6. The molecule has 2 amide bonds. The molecule has 0 fully saturated rings. The Morgan fingerprint density at radius 1 is 0.812 bits per heavy atom. The minimum absolute atomic E-state index is 0. The molecule has 4 N–H and O–H groups in total. The highest BCUT2D eigenvalue weighted by molar-refractivity contribution is 5.89. The minimum Gasteiger partial charge on any atom is -0.334 e. The van der Waals surface area contributed by atoms with Crippen LogP contribution in [0.3, 0.4) is 0 Å². The number of non-ortho nitro benzene ring substituents is 2. The monoisotopic (exact) mass is 459 g/mol. The minimum atomic E-state index is -0.465. The number of nitrogens with two attached hydrogens (primary N) is 1. The molecule has 0 aliphatic rings. The molecule has 0 bridgehead atoms. The number of benzene rings is 3. The molecule has 11 heteroatoms. The van der Waals surface area contributed by atoms with Gasteiger partial charge in [-0.25, -0.2) is 4.79 Å². The molecule has 0 aliphatic heterocycles. The second-order valence-corrected chi connectivity index (χ2v) is 6.23. The average molecular weight is 460 g/mol. The second kappa shape index (κ2) is 13.3. The molecule has 3 aromatic rings. The van der Waals surface area contributed by atoms with Crippen LogP contribution in [0.2, 0.25) is 0 Å². The highest BCUT2D eigenvalue weighted by Crippen LogP contribution is 2.13. The van der Waals surface area contributed by atoms with E-state index in [-0.39, 0.29) is 36.4 Å². The molecular weight excluding hydrogens is 438 g/mol. The van der Waals surface area contributed by atoms with Crippen molar-refractivity contribution in [3.63, 3.8) is 0 Å². The summed E-state index contributed by atoms with van der Waals surface area (Å²) >= 11 is 0. The van der Waals surface area contributed by atoms with Gasteiger partial charge in [-0.1, -0.05) is 42.5 Å². The van der Waals surface area contributed by atoms with Crippen LogP contribution in [0.25, 0.3) is 0 Å². The van der Waals surface area contributed by atoms with Crippen molar-refractivity contribution >= 4 is 35.5 Å². The van der Waals surface area contributed by atoms with Gasteiger partial charge in [-0.05, 0) is 23.3 Å². The quantitative estimate of drug-likeness (QED) is 0.367. The molecule has 0 heterocycles. The van der Waals surface area contributed by atoms with E-state index in [1.807, 2.05) is 18.2 Å². The second-order valence-electron chi connectivity index (χ2n) is 6.23. The standard InChI is InChI=1S/C14H13N3O3.C7H8N2O2.ClH/c18-14(16-12-6-2-1-3-7-12)15-10-11-5-4-8-13(9-11)17(19)20;8-5-6-2-1-3-7(4-6)9(10)11;/h1-9H,10H2,(H2,15,16,18);1-4H,5,8H2;1H. The van der Waals surface area contributed by atoms with E-state index < -0.39 is 9.85 Å². The first-order chi connectivity index (χ1) is 14.9. The maximum Gasteiger partial charge on any atom is 0.319 e. The van der Waals surface area contributed by atoms with Crippen LogP contribution in [-0.2, 0) is 13.1 Å². The number of amides is 2. The highest BCUT2D eigenvalue weighted by Gasteiger charge is 2.07. The molecule has 0 saturated heterocycles. The first kappa shape index (κ1) is 26.0. The van der Waals surface area contributed by atoms with E-state index >= 15 is 0 Å². The summed E-state index contributed by atoms with van der Waals surface area (Å²) in [6, 6.07) is 21.1. The number of para-hydroxylation sites is 1. The van der Waals surface area contributed by atoms with Crippen molar-refractivity contribution in [2.75, 3.05) is 5.32 Å². The van der Waals surface area contributed by atoms with E-state index in [0.717, 1.165) is 5.56 Å². The van der Waals surface area contributed by atoms with Crippen molar-refractivity contribution in [2.24, 2.45) is 5.73 Å².